The lowest BCUT2D eigenvalue weighted by Gasteiger charge is -2.35. The number of benzene rings is 1. The molecule has 0 bridgehead atoms. The second-order valence-corrected chi connectivity index (χ2v) is 7.20. The Bertz CT molecular complexity index is 900. The Morgan fingerprint density at radius 2 is 1.77 bits per heavy atom. The van der Waals surface area contributed by atoms with Crippen molar-refractivity contribution in [2.24, 2.45) is 0 Å². The third kappa shape index (κ3) is 4.56. The number of carbonyl (C=O) groups is 2. The second kappa shape index (κ2) is 8.89. The SMILES string of the molecule is O=C(O)N1CCOc2nc(N3CCN(C(=O)OCc4ccccc4)CC3)ccc2C1. The van der Waals surface area contributed by atoms with E-state index < -0.39 is 6.09 Å². The van der Waals surface area contributed by atoms with Crippen molar-refractivity contribution >= 4 is 18.0 Å². The van der Waals surface area contributed by atoms with Crippen molar-refractivity contribution in [3.63, 3.8) is 0 Å². The summed E-state index contributed by atoms with van der Waals surface area (Å²) < 4.78 is 11.1. The molecule has 3 heterocycles. The molecule has 9 heteroatoms. The van der Waals surface area contributed by atoms with Gasteiger partial charge in [0, 0.05) is 31.7 Å². The van der Waals surface area contributed by atoms with Crippen LogP contribution in [-0.2, 0) is 17.9 Å². The lowest BCUT2D eigenvalue weighted by atomic mass is 10.2. The monoisotopic (exact) mass is 412 g/mol. The number of hydrogen-bond acceptors (Lipinski definition) is 6. The zero-order valence-electron chi connectivity index (χ0n) is 16.6. The van der Waals surface area contributed by atoms with Gasteiger partial charge in [-0.25, -0.2) is 9.59 Å². The average Bonchev–Trinajstić information content (AvgIpc) is 3.00. The average molecular weight is 412 g/mol. The van der Waals surface area contributed by atoms with Gasteiger partial charge in [0.25, 0.3) is 0 Å². The second-order valence-electron chi connectivity index (χ2n) is 7.20. The first-order valence-electron chi connectivity index (χ1n) is 9.91. The molecule has 4 rings (SSSR count). The Balaban J connectivity index is 1.32. The summed E-state index contributed by atoms with van der Waals surface area (Å²) >= 11 is 0. The zero-order valence-corrected chi connectivity index (χ0v) is 16.6. The maximum absolute atomic E-state index is 12.3. The number of carboxylic acid groups (broad SMARTS) is 1. The maximum Gasteiger partial charge on any atom is 0.410 e. The van der Waals surface area contributed by atoms with Gasteiger partial charge in [-0.05, 0) is 17.7 Å². The maximum atomic E-state index is 12.3. The predicted octanol–water partition coefficient (Wildman–Crippen LogP) is 2.41. The highest BCUT2D eigenvalue weighted by atomic mass is 16.6. The molecule has 30 heavy (non-hydrogen) atoms. The van der Waals surface area contributed by atoms with E-state index in [1.54, 1.807) is 4.90 Å². The van der Waals surface area contributed by atoms with Gasteiger partial charge in [-0.1, -0.05) is 30.3 Å². The fraction of sp³-hybridized carbons (Fsp3) is 0.381. The quantitative estimate of drug-likeness (QED) is 0.827. The van der Waals surface area contributed by atoms with E-state index in [1.165, 1.54) is 4.90 Å². The molecular formula is C21H24N4O5. The number of aromatic nitrogens is 1. The van der Waals surface area contributed by atoms with Crippen LogP contribution in [0.15, 0.2) is 42.5 Å². The number of hydrogen-bond donors (Lipinski definition) is 1. The molecule has 1 aromatic heterocycles. The van der Waals surface area contributed by atoms with E-state index in [-0.39, 0.29) is 25.9 Å². The highest BCUT2D eigenvalue weighted by Gasteiger charge is 2.25. The van der Waals surface area contributed by atoms with Gasteiger partial charge in [0.1, 0.15) is 19.0 Å². The Morgan fingerprint density at radius 1 is 1.00 bits per heavy atom. The lowest BCUT2D eigenvalue weighted by molar-refractivity contribution is 0.0941. The number of anilines is 1. The van der Waals surface area contributed by atoms with Crippen molar-refractivity contribution < 1.29 is 24.2 Å². The molecule has 1 N–H and O–H groups in total. The molecule has 0 radical (unpaired) electrons. The smallest absolute Gasteiger partial charge is 0.410 e. The number of nitrogens with zero attached hydrogens (tertiary/aromatic N) is 4. The van der Waals surface area contributed by atoms with Crippen molar-refractivity contribution in [2.45, 2.75) is 13.2 Å². The number of piperazine rings is 1. The van der Waals surface area contributed by atoms with Gasteiger partial charge in [0.15, 0.2) is 0 Å². The van der Waals surface area contributed by atoms with E-state index in [2.05, 4.69) is 9.88 Å². The van der Waals surface area contributed by atoms with Crippen LogP contribution < -0.4 is 9.64 Å². The molecule has 1 saturated heterocycles. The molecule has 9 nitrogen and oxygen atoms in total. The summed E-state index contributed by atoms with van der Waals surface area (Å²) in [6.45, 7) is 3.46. The number of amides is 2. The molecule has 2 aliphatic rings. The molecule has 2 aliphatic heterocycles. The Morgan fingerprint density at radius 3 is 2.50 bits per heavy atom. The summed E-state index contributed by atoms with van der Waals surface area (Å²) in [5, 5.41) is 9.22. The van der Waals surface area contributed by atoms with E-state index in [4.69, 9.17) is 9.47 Å². The van der Waals surface area contributed by atoms with Crippen molar-refractivity contribution in [1.82, 2.24) is 14.8 Å². The molecule has 2 aromatic rings. The van der Waals surface area contributed by atoms with E-state index in [1.807, 2.05) is 42.5 Å². The van der Waals surface area contributed by atoms with Crippen LogP contribution in [0.2, 0.25) is 0 Å². The molecule has 158 valence electrons. The van der Waals surface area contributed by atoms with Crippen LogP contribution in [0.4, 0.5) is 15.4 Å². The van der Waals surface area contributed by atoms with Crippen LogP contribution in [0.3, 0.4) is 0 Å². The first-order chi connectivity index (χ1) is 14.6. The summed E-state index contributed by atoms with van der Waals surface area (Å²) in [4.78, 5) is 33.3. The van der Waals surface area contributed by atoms with E-state index in [9.17, 15) is 14.7 Å². The minimum atomic E-state index is -0.967. The summed E-state index contributed by atoms with van der Waals surface area (Å²) in [7, 11) is 0. The van der Waals surface area contributed by atoms with Crippen molar-refractivity contribution in [2.75, 3.05) is 44.2 Å². The predicted molar refractivity (Wildman–Crippen MR) is 109 cm³/mol. The van der Waals surface area contributed by atoms with Gasteiger partial charge < -0.3 is 29.3 Å². The number of fused-ring (bicyclic) bond motifs is 1. The number of carbonyl (C=O) groups excluding carboxylic acids is 1. The topological polar surface area (TPSA) is 95.4 Å². The van der Waals surface area contributed by atoms with Crippen molar-refractivity contribution in [1.29, 1.82) is 0 Å². The van der Waals surface area contributed by atoms with Gasteiger partial charge in [0.2, 0.25) is 5.88 Å². The minimum Gasteiger partial charge on any atom is -0.475 e. The van der Waals surface area contributed by atoms with Crippen LogP contribution in [0.25, 0.3) is 0 Å². The molecule has 0 atom stereocenters. The first kappa shape index (κ1) is 19.8. The summed E-state index contributed by atoms with van der Waals surface area (Å²) in [6.07, 6.45) is -1.28. The number of pyridine rings is 1. The van der Waals surface area contributed by atoms with Gasteiger partial charge in [-0.2, -0.15) is 4.98 Å². The summed E-state index contributed by atoms with van der Waals surface area (Å²) in [5.41, 5.74) is 1.71. The molecule has 0 spiro atoms. The van der Waals surface area contributed by atoms with Crippen molar-refractivity contribution in [3.8, 4) is 5.88 Å². The largest absolute Gasteiger partial charge is 0.475 e. The highest BCUT2D eigenvalue weighted by Crippen LogP contribution is 2.25. The van der Waals surface area contributed by atoms with E-state index >= 15 is 0 Å². The zero-order chi connectivity index (χ0) is 20.9. The first-order valence-corrected chi connectivity index (χ1v) is 9.91. The van der Waals surface area contributed by atoms with E-state index in [0.29, 0.717) is 38.6 Å². The summed E-state index contributed by atoms with van der Waals surface area (Å²) in [5.74, 6) is 1.23. The third-order valence-corrected chi connectivity index (χ3v) is 5.22. The Hall–Kier alpha value is -3.49. The molecule has 0 unspecified atom stereocenters. The third-order valence-electron chi connectivity index (χ3n) is 5.22. The Labute approximate surface area is 174 Å². The van der Waals surface area contributed by atoms with Gasteiger partial charge in [-0.3, -0.25) is 0 Å². The fourth-order valence-electron chi connectivity index (χ4n) is 3.51. The molecule has 0 aliphatic carbocycles. The molecule has 1 fully saturated rings. The van der Waals surface area contributed by atoms with Crippen LogP contribution in [0, 0.1) is 0 Å². The molecule has 2 amide bonds. The molecule has 0 saturated carbocycles. The summed E-state index contributed by atoms with van der Waals surface area (Å²) in [6, 6.07) is 13.3. The van der Waals surface area contributed by atoms with E-state index in [0.717, 1.165) is 16.9 Å². The van der Waals surface area contributed by atoms with Gasteiger partial charge in [-0.15, -0.1) is 0 Å². The standard InChI is InChI=1S/C21H24N4O5/c26-20(27)25-12-13-29-19-17(14-25)6-7-18(22-19)23-8-10-24(11-9-23)21(28)30-15-16-4-2-1-3-5-16/h1-7H,8-15H2,(H,26,27). The normalized spacial score (nSPS) is 16.3. The van der Waals surface area contributed by atoms with Crippen molar-refractivity contribution in [3.05, 3.63) is 53.6 Å². The highest BCUT2D eigenvalue weighted by molar-refractivity contribution is 5.68. The number of rotatable bonds is 3. The van der Waals surface area contributed by atoms with Crippen LogP contribution in [-0.4, -0.2) is 71.4 Å². The Kier molecular flexibility index (Phi) is 5.87. The van der Waals surface area contributed by atoms with Crippen LogP contribution in [0.5, 0.6) is 5.88 Å². The van der Waals surface area contributed by atoms with Gasteiger partial charge >= 0.3 is 12.2 Å². The molecule has 1 aromatic carbocycles. The fourth-order valence-corrected chi connectivity index (χ4v) is 3.51. The minimum absolute atomic E-state index is 0.261. The lowest BCUT2D eigenvalue weighted by Crippen LogP contribution is -2.49. The number of ether oxygens (including phenoxy) is 2. The van der Waals surface area contributed by atoms with Gasteiger partial charge in [0.05, 0.1) is 13.1 Å². The molecular weight excluding hydrogens is 388 g/mol. The van der Waals surface area contributed by atoms with Crippen LogP contribution >= 0.6 is 0 Å². The van der Waals surface area contributed by atoms with Crippen LogP contribution in [0.1, 0.15) is 11.1 Å².